The first kappa shape index (κ1) is 23.4. The molecule has 8 heteroatoms. The summed E-state index contributed by atoms with van der Waals surface area (Å²) in [7, 11) is -3.68. The number of nitrogens with one attached hydrogen (secondary N) is 2. The highest BCUT2D eigenvalue weighted by Gasteiger charge is 2.30. The second-order valence-electron chi connectivity index (χ2n) is 9.28. The fraction of sp³-hybridized carbons (Fsp3) is 0.440. The van der Waals surface area contributed by atoms with Crippen LogP contribution in [0.25, 0.3) is 0 Å². The quantitative estimate of drug-likeness (QED) is 0.671. The zero-order valence-corrected chi connectivity index (χ0v) is 20.2. The maximum atomic E-state index is 13.3. The highest BCUT2D eigenvalue weighted by atomic mass is 32.2. The average molecular weight is 470 g/mol. The molecule has 0 aromatic heterocycles. The first-order valence-corrected chi connectivity index (χ1v) is 12.9. The molecule has 2 N–H and O–H groups in total. The summed E-state index contributed by atoms with van der Waals surface area (Å²) in [5.74, 6) is 0.00561. The third kappa shape index (κ3) is 5.28. The molecule has 33 heavy (non-hydrogen) atoms. The Hall–Kier alpha value is -2.71. The predicted molar refractivity (Wildman–Crippen MR) is 128 cm³/mol. The van der Waals surface area contributed by atoms with Gasteiger partial charge in [-0.3, -0.25) is 9.59 Å². The summed E-state index contributed by atoms with van der Waals surface area (Å²) in [6, 6.07) is 10.1. The van der Waals surface area contributed by atoms with Crippen LogP contribution in [0.3, 0.4) is 0 Å². The molecule has 1 aliphatic carbocycles. The van der Waals surface area contributed by atoms with Crippen LogP contribution in [0.1, 0.15) is 64.4 Å². The molecule has 176 valence electrons. The second kappa shape index (κ2) is 9.27. The minimum atomic E-state index is -3.68. The number of rotatable bonds is 6. The lowest BCUT2D eigenvalue weighted by atomic mass is 10.0. The molecular weight excluding hydrogens is 438 g/mol. The molecule has 2 aromatic rings. The van der Waals surface area contributed by atoms with Crippen molar-refractivity contribution >= 4 is 27.5 Å². The number of nitrogens with zero attached hydrogens (tertiary/aromatic N) is 1. The van der Waals surface area contributed by atoms with E-state index in [1.807, 2.05) is 6.92 Å². The molecular formula is C25H31N3O4S. The van der Waals surface area contributed by atoms with Crippen LogP contribution < -0.4 is 10.6 Å². The molecule has 1 heterocycles. The molecule has 2 aromatic carbocycles. The van der Waals surface area contributed by atoms with Gasteiger partial charge in [-0.15, -0.1) is 0 Å². The van der Waals surface area contributed by atoms with Gasteiger partial charge in [-0.1, -0.05) is 6.92 Å². The summed E-state index contributed by atoms with van der Waals surface area (Å²) in [5.41, 5.74) is 2.78. The molecule has 0 radical (unpaired) electrons. The van der Waals surface area contributed by atoms with Crippen molar-refractivity contribution < 1.29 is 18.0 Å². The Morgan fingerprint density at radius 3 is 2.15 bits per heavy atom. The average Bonchev–Trinajstić information content (AvgIpc) is 3.60. The van der Waals surface area contributed by atoms with E-state index in [0.717, 1.165) is 31.2 Å². The number of hydrogen-bond donors (Lipinski definition) is 2. The number of anilines is 1. The van der Waals surface area contributed by atoms with Gasteiger partial charge in [0.25, 0.3) is 11.8 Å². The molecule has 0 unspecified atom stereocenters. The minimum Gasteiger partial charge on any atom is -0.349 e. The van der Waals surface area contributed by atoms with Gasteiger partial charge in [0, 0.05) is 35.9 Å². The van der Waals surface area contributed by atoms with E-state index in [2.05, 4.69) is 17.6 Å². The second-order valence-corrected chi connectivity index (χ2v) is 11.2. The van der Waals surface area contributed by atoms with Gasteiger partial charge in [0.05, 0.1) is 4.90 Å². The topological polar surface area (TPSA) is 95.6 Å². The molecule has 0 spiro atoms. The lowest BCUT2D eigenvalue weighted by Crippen LogP contribution is -2.38. The standard InChI is InChI=1S/C25H31N3O4S/c1-16-10-12-28(13-11-16)33(31,32)23-15-20(14-17(2)18(23)3)25(30)27-21-6-4-19(5-7-21)24(29)26-22-8-9-22/h4-7,14-16,22H,8-13H2,1-3H3,(H,26,29)(H,27,30). The Labute approximate surface area is 195 Å². The van der Waals surface area contributed by atoms with Gasteiger partial charge in [0.2, 0.25) is 10.0 Å². The number of carbonyl (C=O) groups excluding carboxylic acids is 2. The summed E-state index contributed by atoms with van der Waals surface area (Å²) in [6.07, 6.45) is 3.72. The summed E-state index contributed by atoms with van der Waals surface area (Å²) in [6.45, 7) is 6.73. The van der Waals surface area contributed by atoms with E-state index >= 15 is 0 Å². The zero-order valence-electron chi connectivity index (χ0n) is 19.3. The van der Waals surface area contributed by atoms with Crippen molar-refractivity contribution in [2.45, 2.75) is 57.4 Å². The van der Waals surface area contributed by atoms with Crippen molar-refractivity contribution in [3.63, 3.8) is 0 Å². The van der Waals surface area contributed by atoms with Gasteiger partial charge in [0.1, 0.15) is 0 Å². The Morgan fingerprint density at radius 1 is 0.909 bits per heavy atom. The number of sulfonamides is 1. The van der Waals surface area contributed by atoms with Crippen LogP contribution >= 0.6 is 0 Å². The van der Waals surface area contributed by atoms with Crippen molar-refractivity contribution in [3.05, 3.63) is 58.7 Å². The van der Waals surface area contributed by atoms with Crippen molar-refractivity contribution in [3.8, 4) is 0 Å². The van der Waals surface area contributed by atoms with Gasteiger partial charge < -0.3 is 10.6 Å². The van der Waals surface area contributed by atoms with Crippen LogP contribution in [0, 0.1) is 19.8 Å². The summed E-state index contributed by atoms with van der Waals surface area (Å²) in [5, 5.41) is 5.74. The van der Waals surface area contributed by atoms with Gasteiger partial charge >= 0.3 is 0 Å². The SMILES string of the molecule is Cc1cc(C(=O)Nc2ccc(C(=O)NC3CC3)cc2)cc(S(=O)(=O)N2CCC(C)CC2)c1C. The van der Waals surface area contributed by atoms with Crippen LogP contribution in [0.15, 0.2) is 41.3 Å². The zero-order chi connectivity index (χ0) is 23.8. The molecule has 0 bridgehead atoms. The number of hydrogen-bond acceptors (Lipinski definition) is 4. The van der Waals surface area contributed by atoms with Crippen LogP contribution in [0.2, 0.25) is 0 Å². The number of carbonyl (C=O) groups is 2. The Balaban J connectivity index is 1.52. The third-order valence-electron chi connectivity index (χ3n) is 6.56. The van der Waals surface area contributed by atoms with Gasteiger partial charge in [-0.25, -0.2) is 8.42 Å². The Morgan fingerprint density at radius 2 is 1.55 bits per heavy atom. The lowest BCUT2D eigenvalue weighted by Gasteiger charge is -2.30. The molecule has 1 aliphatic heterocycles. The fourth-order valence-corrected chi connectivity index (χ4v) is 5.79. The third-order valence-corrected chi connectivity index (χ3v) is 8.58. The predicted octanol–water partition coefficient (Wildman–Crippen LogP) is 3.87. The van der Waals surface area contributed by atoms with E-state index in [1.54, 1.807) is 37.3 Å². The molecule has 0 atom stereocenters. The summed E-state index contributed by atoms with van der Waals surface area (Å²) < 4.78 is 28.2. The van der Waals surface area contributed by atoms with E-state index in [-0.39, 0.29) is 22.4 Å². The van der Waals surface area contributed by atoms with Crippen molar-refractivity contribution in [1.82, 2.24) is 9.62 Å². The lowest BCUT2D eigenvalue weighted by molar-refractivity contribution is 0.0950. The highest BCUT2D eigenvalue weighted by Crippen LogP contribution is 2.28. The number of benzene rings is 2. The first-order chi connectivity index (χ1) is 15.6. The first-order valence-electron chi connectivity index (χ1n) is 11.5. The van der Waals surface area contributed by atoms with Crippen LogP contribution in [-0.4, -0.2) is 43.7 Å². The maximum Gasteiger partial charge on any atom is 0.255 e. The highest BCUT2D eigenvalue weighted by molar-refractivity contribution is 7.89. The molecule has 2 fully saturated rings. The normalized spacial score (nSPS) is 17.5. The molecule has 2 aliphatic rings. The van der Waals surface area contributed by atoms with Crippen LogP contribution in [0.4, 0.5) is 5.69 Å². The van der Waals surface area contributed by atoms with Crippen LogP contribution in [0.5, 0.6) is 0 Å². The molecule has 4 rings (SSSR count). The fourth-order valence-electron chi connectivity index (χ4n) is 3.99. The smallest absolute Gasteiger partial charge is 0.255 e. The number of piperidine rings is 1. The van der Waals surface area contributed by atoms with E-state index in [0.29, 0.717) is 35.8 Å². The number of amides is 2. The monoisotopic (exact) mass is 469 g/mol. The minimum absolute atomic E-state index is 0.119. The van der Waals surface area contributed by atoms with Crippen molar-refractivity contribution in [2.24, 2.45) is 5.92 Å². The van der Waals surface area contributed by atoms with Gasteiger partial charge in [-0.05, 0) is 93.0 Å². The Bertz CT molecular complexity index is 1160. The van der Waals surface area contributed by atoms with Gasteiger partial charge in [-0.2, -0.15) is 4.31 Å². The van der Waals surface area contributed by atoms with E-state index < -0.39 is 15.9 Å². The maximum absolute atomic E-state index is 13.3. The molecule has 1 saturated heterocycles. The Kier molecular flexibility index (Phi) is 6.59. The van der Waals surface area contributed by atoms with E-state index in [1.165, 1.54) is 10.4 Å². The van der Waals surface area contributed by atoms with E-state index in [9.17, 15) is 18.0 Å². The van der Waals surface area contributed by atoms with Crippen LogP contribution in [-0.2, 0) is 10.0 Å². The summed E-state index contributed by atoms with van der Waals surface area (Å²) in [4.78, 5) is 25.3. The largest absolute Gasteiger partial charge is 0.349 e. The van der Waals surface area contributed by atoms with Gasteiger partial charge in [0.15, 0.2) is 0 Å². The molecule has 1 saturated carbocycles. The molecule has 7 nitrogen and oxygen atoms in total. The van der Waals surface area contributed by atoms with Crippen molar-refractivity contribution in [1.29, 1.82) is 0 Å². The van der Waals surface area contributed by atoms with Crippen molar-refractivity contribution in [2.75, 3.05) is 18.4 Å². The number of aryl methyl sites for hydroxylation is 1. The van der Waals surface area contributed by atoms with E-state index in [4.69, 9.17) is 0 Å². The molecule has 2 amide bonds. The summed E-state index contributed by atoms with van der Waals surface area (Å²) >= 11 is 0.